The summed E-state index contributed by atoms with van der Waals surface area (Å²) in [5.41, 5.74) is 3.30. The third kappa shape index (κ3) is 6.41. The van der Waals surface area contributed by atoms with E-state index < -0.39 is 0 Å². The van der Waals surface area contributed by atoms with Crippen LogP contribution in [0.1, 0.15) is 16.7 Å². The fourth-order valence-corrected chi connectivity index (χ4v) is 2.22. The summed E-state index contributed by atoms with van der Waals surface area (Å²) in [5.74, 6) is 2.19. The number of nitrogens with one attached hydrogen (secondary N) is 2. The van der Waals surface area contributed by atoms with Crippen molar-refractivity contribution >= 4 is 29.9 Å². The van der Waals surface area contributed by atoms with Crippen molar-refractivity contribution in [3.05, 3.63) is 53.2 Å². The Kier molecular flexibility index (Phi) is 9.04. The van der Waals surface area contributed by atoms with Gasteiger partial charge in [-0.05, 0) is 24.1 Å². The molecule has 0 aliphatic carbocycles. The second kappa shape index (κ2) is 10.8. The van der Waals surface area contributed by atoms with Crippen LogP contribution in [0.4, 0.5) is 0 Å². The largest absolute Gasteiger partial charge is 0.496 e. The molecule has 2 rings (SSSR count). The van der Waals surface area contributed by atoms with Crippen molar-refractivity contribution < 1.29 is 9.47 Å². The molecule has 0 saturated heterocycles. The van der Waals surface area contributed by atoms with Crippen LogP contribution in [-0.4, -0.2) is 32.2 Å². The average molecular weight is 456 g/mol. The Morgan fingerprint density at radius 2 is 1.84 bits per heavy atom. The number of guanidine groups is 1. The zero-order valence-corrected chi connectivity index (χ0v) is 17.3. The van der Waals surface area contributed by atoms with Gasteiger partial charge in [0.15, 0.2) is 5.96 Å². The summed E-state index contributed by atoms with van der Waals surface area (Å²) in [6.45, 7) is 3.30. The van der Waals surface area contributed by atoms with E-state index in [4.69, 9.17) is 9.47 Å². The molecule has 136 valence electrons. The van der Waals surface area contributed by atoms with E-state index in [0.717, 1.165) is 16.9 Å². The predicted octanol–water partition coefficient (Wildman–Crippen LogP) is 2.89. The highest BCUT2D eigenvalue weighted by molar-refractivity contribution is 14.0. The fraction of sp³-hybridized carbons (Fsp3) is 0.333. The highest BCUT2D eigenvalue weighted by Gasteiger charge is 2.05. The van der Waals surface area contributed by atoms with Gasteiger partial charge in [0, 0.05) is 38.0 Å². The van der Waals surface area contributed by atoms with Crippen LogP contribution in [0.25, 0.3) is 0 Å². The van der Waals surface area contributed by atoms with Gasteiger partial charge in [0.1, 0.15) is 5.75 Å². The van der Waals surface area contributed by atoms with E-state index in [1.165, 1.54) is 5.56 Å². The summed E-state index contributed by atoms with van der Waals surface area (Å²) < 4.78 is 10.5. The van der Waals surface area contributed by atoms with Crippen molar-refractivity contribution in [2.24, 2.45) is 4.99 Å². The molecule has 2 aromatic rings. The van der Waals surface area contributed by atoms with Gasteiger partial charge in [-0.1, -0.05) is 18.2 Å². The van der Waals surface area contributed by atoms with Gasteiger partial charge in [0.05, 0.1) is 14.2 Å². The molecule has 0 aliphatic heterocycles. The summed E-state index contributed by atoms with van der Waals surface area (Å²) in [6.07, 6.45) is 1.78. The van der Waals surface area contributed by atoms with E-state index in [2.05, 4.69) is 32.7 Å². The van der Waals surface area contributed by atoms with E-state index in [1.807, 2.05) is 25.1 Å². The van der Waals surface area contributed by atoms with E-state index in [-0.39, 0.29) is 24.0 Å². The van der Waals surface area contributed by atoms with Gasteiger partial charge in [-0.3, -0.25) is 4.99 Å². The van der Waals surface area contributed by atoms with Gasteiger partial charge >= 0.3 is 0 Å². The number of pyridine rings is 1. The first kappa shape index (κ1) is 21.0. The average Bonchev–Trinajstić information content (AvgIpc) is 2.63. The molecular weight excluding hydrogens is 431 g/mol. The van der Waals surface area contributed by atoms with Gasteiger partial charge in [0.25, 0.3) is 0 Å². The van der Waals surface area contributed by atoms with Gasteiger partial charge in [0.2, 0.25) is 5.88 Å². The fourth-order valence-electron chi connectivity index (χ4n) is 2.22. The first-order chi connectivity index (χ1) is 11.7. The zero-order valence-electron chi connectivity index (χ0n) is 15.0. The van der Waals surface area contributed by atoms with Crippen molar-refractivity contribution in [2.75, 3.05) is 21.3 Å². The molecule has 0 bridgehead atoms. The molecule has 25 heavy (non-hydrogen) atoms. The number of ether oxygens (including phenoxy) is 2. The Labute approximate surface area is 166 Å². The Bertz CT molecular complexity index is 690. The van der Waals surface area contributed by atoms with Gasteiger partial charge in [-0.2, -0.15) is 0 Å². The highest BCUT2D eigenvalue weighted by Crippen LogP contribution is 2.19. The molecule has 0 radical (unpaired) electrons. The van der Waals surface area contributed by atoms with Crippen LogP contribution in [0.2, 0.25) is 0 Å². The minimum Gasteiger partial charge on any atom is -0.496 e. The molecule has 1 aromatic carbocycles. The molecule has 0 amide bonds. The normalized spacial score (nSPS) is 10.6. The first-order valence-electron chi connectivity index (χ1n) is 7.73. The molecule has 0 fully saturated rings. The van der Waals surface area contributed by atoms with Crippen molar-refractivity contribution in [1.29, 1.82) is 0 Å². The lowest BCUT2D eigenvalue weighted by atomic mass is 10.1. The SMILES string of the molecule is CN=C(NCc1ccc(OC)nc1)NCc1ccc(C)cc1OC.I. The van der Waals surface area contributed by atoms with Gasteiger partial charge < -0.3 is 20.1 Å². The third-order valence-corrected chi connectivity index (χ3v) is 3.58. The van der Waals surface area contributed by atoms with E-state index >= 15 is 0 Å². The Morgan fingerprint density at radius 3 is 2.44 bits per heavy atom. The molecule has 7 heteroatoms. The molecular formula is C18H25IN4O2. The Morgan fingerprint density at radius 1 is 1.08 bits per heavy atom. The lowest BCUT2D eigenvalue weighted by molar-refractivity contribution is 0.397. The monoisotopic (exact) mass is 456 g/mol. The predicted molar refractivity (Wildman–Crippen MR) is 111 cm³/mol. The lowest BCUT2D eigenvalue weighted by Gasteiger charge is -2.14. The minimum atomic E-state index is 0. The molecule has 0 spiro atoms. The van der Waals surface area contributed by atoms with Crippen molar-refractivity contribution in [3.63, 3.8) is 0 Å². The number of rotatable bonds is 6. The molecule has 0 saturated carbocycles. The van der Waals surface area contributed by atoms with Crippen LogP contribution in [0.15, 0.2) is 41.5 Å². The highest BCUT2D eigenvalue weighted by atomic mass is 127. The zero-order chi connectivity index (χ0) is 17.4. The Balaban J connectivity index is 0.00000312. The number of nitrogens with zero attached hydrogens (tertiary/aromatic N) is 2. The summed E-state index contributed by atoms with van der Waals surface area (Å²) in [7, 11) is 5.03. The molecule has 0 atom stereocenters. The standard InChI is InChI=1S/C18H24N4O2.HI/c1-13-5-7-15(16(9-13)23-3)12-22-18(19-2)21-11-14-6-8-17(24-4)20-10-14;/h5-10H,11-12H2,1-4H3,(H2,19,21,22);1H. The molecule has 1 aromatic heterocycles. The maximum atomic E-state index is 5.42. The van der Waals surface area contributed by atoms with Crippen LogP contribution in [0.3, 0.4) is 0 Å². The van der Waals surface area contributed by atoms with Crippen LogP contribution >= 0.6 is 24.0 Å². The number of methoxy groups -OCH3 is 2. The van der Waals surface area contributed by atoms with Crippen LogP contribution < -0.4 is 20.1 Å². The molecule has 6 nitrogen and oxygen atoms in total. The Hall–Kier alpha value is -2.03. The molecule has 2 N–H and O–H groups in total. The number of halogens is 1. The van der Waals surface area contributed by atoms with Crippen LogP contribution in [-0.2, 0) is 13.1 Å². The van der Waals surface area contributed by atoms with Crippen molar-refractivity contribution in [2.45, 2.75) is 20.0 Å². The number of aromatic nitrogens is 1. The molecule has 0 unspecified atom stereocenters. The van der Waals surface area contributed by atoms with E-state index in [1.54, 1.807) is 27.5 Å². The summed E-state index contributed by atoms with van der Waals surface area (Å²) in [4.78, 5) is 8.42. The second-order valence-electron chi connectivity index (χ2n) is 5.30. The number of benzene rings is 1. The van der Waals surface area contributed by atoms with Crippen LogP contribution in [0, 0.1) is 6.92 Å². The molecule has 1 heterocycles. The summed E-state index contributed by atoms with van der Waals surface area (Å²) in [6, 6.07) is 9.95. The number of aliphatic imine (C=N–C) groups is 1. The summed E-state index contributed by atoms with van der Waals surface area (Å²) in [5, 5.41) is 6.55. The quantitative estimate of drug-likeness (QED) is 0.398. The van der Waals surface area contributed by atoms with E-state index in [0.29, 0.717) is 24.9 Å². The second-order valence-corrected chi connectivity index (χ2v) is 5.30. The van der Waals surface area contributed by atoms with Crippen molar-refractivity contribution in [3.8, 4) is 11.6 Å². The maximum absolute atomic E-state index is 5.42. The number of aryl methyl sites for hydroxylation is 1. The van der Waals surface area contributed by atoms with E-state index in [9.17, 15) is 0 Å². The maximum Gasteiger partial charge on any atom is 0.212 e. The molecule has 0 aliphatic rings. The smallest absolute Gasteiger partial charge is 0.212 e. The first-order valence-corrected chi connectivity index (χ1v) is 7.73. The third-order valence-electron chi connectivity index (χ3n) is 3.58. The summed E-state index contributed by atoms with van der Waals surface area (Å²) >= 11 is 0. The van der Waals surface area contributed by atoms with Gasteiger partial charge in [-0.15, -0.1) is 24.0 Å². The van der Waals surface area contributed by atoms with Crippen LogP contribution in [0.5, 0.6) is 11.6 Å². The van der Waals surface area contributed by atoms with Crippen molar-refractivity contribution in [1.82, 2.24) is 15.6 Å². The lowest BCUT2D eigenvalue weighted by Crippen LogP contribution is -2.36. The number of hydrogen-bond acceptors (Lipinski definition) is 4. The number of hydrogen-bond donors (Lipinski definition) is 2. The minimum absolute atomic E-state index is 0. The topological polar surface area (TPSA) is 67.8 Å². The van der Waals surface area contributed by atoms with Gasteiger partial charge in [-0.25, -0.2) is 4.98 Å².